The summed E-state index contributed by atoms with van der Waals surface area (Å²) in [5, 5.41) is 114. The van der Waals surface area contributed by atoms with E-state index in [1.807, 2.05) is 0 Å². The number of aliphatic hydroxyl groups is 5. The highest BCUT2D eigenvalue weighted by Gasteiger charge is 2.51. The van der Waals surface area contributed by atoms with Crippen LogP contribution in [0.1, 0.15) is 12.5 Å². The summed E-state index contributed by atoms with van der Waals surface area (Å²) in [6.07, 6.45) is -15.8. The van der Waals surface area contributed by atoms with Gasteiger partial charge in [-0.15, -0.1) is 0 Å². The van der Waals surface area contributed by atoms with Crippen molar-refractivity contribution < 1.29 is 93.8 Å². The van der Waals surface area contributed by atoms with E-state index in [1.54, 1.807) is 0 Å². The van der Waals surface area contributed by atoms with Gasteiger partial charge in [0.1, 0.15) is 65.7 Å². The predicted molar refractivity (Wildman–Crippen MR) is 189 cm³/mol. The first-order valence-corrected chi connectivity index (χ1v) is 17.0. The molecule has 0 aliphatic carbocycles. The van der Waals surface area contributed by atoms with Crippen molar-refractivity contribution >= 4 is 23.0 Å². The second-order valence-electron chi connectivity index (χ2n) is 13.1. The summed E-state index contributed by atoms with van der Waals surface area (Å²) in [5.41, 5.74) is -1.37. The van der Waals surface area contributed by atoms with Gasteiger partial charge < -0.3 is 89.0 Å². The lowest BCUT2D eigenvalue weighted by atomic mass is 9.97. The summed E-state index contributed by atoms with van der Waals surface area (Å²) in [6, 6.07) is 7.80. The van der Waals surface area contributed by atoms with Gasteiger partial charge in [-0.3, -0.25) is 4.79 Å². The van der Waals surface area contributed by atoms with Gasteiger partial charge in [0.25, 0.3) is 0 Å². The number of phenols is 6. The third kappa shape index (κ3) is 8.19. The molecule has 2 aliphatic heterocycles. The first-order chi connectivity index (χ1) is 27.0. The number of fused-ring (bicyclic) bond motifs is 1. The van der Waals surface area contributed by atoms with Crippen molar-refractivity contribution in [2.45, 2.75) is 68.3 Å². The molecule has 306 valence electrons. The standard InChI is InChI=1S/C37H38O20/c1-13-26(44)31(49)35(57-36-32(50)30(48)28(46)23(55-36)12-52-24(43)6-4-14-3-5-17(39)21(7-14)51-2)37(53-13)56-34-29(47)25-18(40)10-16(38)11-22(25)54-33(34)15-8-19(41)27(45)20(42)9-15/h3-11,13,23,26,28,30-32,35-42,44-46,48-50H,12H2,1-2H3/b6-4+/t13-,23+,26-,28+,30-,31+,32+,35+,36-,37-/m0/s1. The summed E-state index contributed by atoms with van der Waals surface area (Å²) < 4.78 is 39.1. The molecule has 2 fully saturated rings. The van der Waals surface area contributed by atoms with Crippen LogP contribution in [0, 0.1) is 0 Å². The Labute approximate surface area is 320 Å². The Hall–Kier alpha value is -5.84. The molecule has 0 spiro atoms. The maximum Gasteiger partial charge on any atom is 0.330 e. The predicted octanol–water partition coefficient (Wildman–Crippen LogP) is -0.00300. The van der Waals surface area contributed by atoms with Crippen molar-refractivity contribution in [3.05, 3.63) is 64.3 Å². The van der Waals surface area contributed by atoms with Gasteiger partial charge in [0.2, 0.25) is 17.5 Å². The third-order valence-electron chi connectivity index (χ3n) is 9.23. The zero-order valence-electron chi connectivity index (χ0n) is 29.8. The second-order valence-corrected chi connectivity index (χ2v) is 13.1. The molecule has 6 rings (SSSR count). The molecule has 0 bridgehead atoms. The average Bonchev–Trinajstić information content (AvgIpc) is 3.17. The molecule has 11 N–H and O–H groups in total. The van der Waals surface area contributed by atoms with Crippen LogP contribution in [0.2, 0.25) is 0 Å². The van der Waals surface area contributed by atoms with Crippen LogP contribution in [0.25, 0.3) is 28.4 Å². The lowest BCUT2D eigenvalue weighted by Crippen LogP contribution is -2.64. The molecule has 20 heteroatoms. The largest absolute Gasteiger partial charge is 0.508 e. The third-order valence-corrected chi connectivity index (χ3v) is 9.23. The normalized spacial score (nSPS) is 27.7. The second kappa shape index (κ2) is 16.3. The number of aromatic hydroxyl groups is 6. The summed E-state index contributed by atoms with van der Waals surface area (Å²) >= 11 is 0. The average molecular weight is 803 g/mol. The Morgan fingerprint density at radius 1 is 0.789 bits per heavy atom. The number of esters is 1. The minimum absolute atomic E-state index is 0.130. The Morgan fingerprint density at radius 2 is 1.49 bits per heavy atom. The molecule has 2 aliphatic rings. The molecule has 57 heavy (non-hydrogen) atoms. The Morgan fingerprint density at radius 3 is 2.18 bits per heavy atom. The van der Waals surface area contributed by atoms with Gasteiger partial charge in [0, 0.05) is 23.8 Å². The topological polar surface area (TPSA) is 325 Å². The number of rotatable bonds is 10. The van der Waals surface area contributed by atoms with E-state index in [4.69, 9.17) is 32.8 Å². The van der Waals surface area contributed by atoms with Crippen LogP contribution in [-0.2, 0) is 23.7 Å². The summed E-state index contributed by atoms with van der Waals surface area (Å²) in [4.78, 5) is 26.5. The van der Waals surface area contributed by atoms with Gasteiger partial charge in [-0.25, -0.2) is 4.79 Å². The number of carbonyl (C=O) groups excluding carboxylic acids is 1. The van der Waals surface area contributed by atoms with E-state index in [0.29, 0.717) is 5.56 Å². The van der Waals surface area contributed by atoms with E-state index >= 15 is 0 Å². The number of aliphatic hydroxyl groups excluding tert-OH is 5. The molecular formula is C37H38O20. The van der Waals surface area contributed by atoms with Gasteiger partial charge in [-0.05, 0) is 42.8 Å². The first kappa shape index (κ1) is 40.8. The van der Waals surface area contributed by atoms with Crippen LogP contribution in [-0.4, -0.2) is 137 Å². The Kier molecular flexibility index (Phi) is 11.7. The van der Waals surface area contributed by atoms with Crippen molar-refractivity contribution in [1.29, 1.82) is 0 Å². The number of phenolic OH excluding ortho intramolecular Hbond substituents is 6. The Balaban J connectivity index is 1.28. The molecule has 3 heterocycles. The molecule has 20 nitrogen and oxygen atoms in total. The lowest BCUT2D eigenvalue weighted by Gasteiger charge is -2.45. The highest BCUT2D eigenvalue weighted by molar-refractivity contribution is 5.89. The number of methoxy groups -OCH3 is 1. The molecule has 2 saturated heterocycles. The van der Waals surface area contributed by atoms with Crippen LogP contribution in [0.15, 0.2) is 57.8 Å². The Bertz CT molecular complexity index is 2190. The molecule has 0 unspecified atom stereocenters. The van der Waals surface area contributed by atoms with Gasteiger partial charge in [0.05, 0.1) is 13.2 Å². The van der Waals surface area contributed by atoms with E-state index in [9.17, 15) is 65.8 Å². The maximum atomic E-state index is 14.0. The molecule has 0 amide bonds. The summed E-state index contributed by atoms with van der Waals surface area (Å²) in [6.45, 7) is 0.612. The fourth-order valence-corrected chi connectivity index (χ4v) is 6.15. The quantitative estimate of drug-likeness (QED) is 0.0571. The molecular weight excluding hydrogens is 764 g/mol. The highest BCUT2D eigenvalue weighted by atomic mass is 16.8. The molecule has 0 saturated carbocycles. The van der Waals surface area contributed by atoms with Crippen LogP contribution in [0.3, 0.4) is 0 Å². The number of ether oxygens (including phenoxy) is 6. The number of hydrogen-bond acceptors (Lipinski definition) is 20. The highest BCUT2D eigenvalue weighted by Crippen LogP contribution is 2.43. The number of benzene rings is 3. The molecule has 3 aromatic carbocycles. The van der Waals surface area contributed by atoms with Crippen LogP contribution < -0.4 is 14.9 Å². The van der Waals surface area contributed by atoms with E-state index in [0.717, 1.165) is 30.3 Å². The van der Waals surface area contributed by atoms with Crippen molar-refractivity contribution in [1.82, 2.24) is 0 Å². The van der Waals surface area contributed by atoms with Gasteiger partial charge in [-0.2, -0.15) is 0 Å². The van der Waals surface area contributed by atoms with Gasteiger partial charge in [0.15, 0.2) is 46.9 Å². The SMILES string of the molecule is COc1cc(/C=C/C(=O)OC[C@H]2O[C@@H](O[C@H]3[C@H](Oc4c(-c5cc(O)c(O)c(O)c5)oc5cc(O)cc(O)c5c4=O)O[C@@H](C)[C@H](O)[C@H]3O)[C@H](O)[C@@H](O)[C@@H]2O)ccc1O. The first-order valence-electron chi connectivity index (χ1n) is 17.0. The molecule has 4 aromatic rings. The van der Waals surface area contributed by atoms with Crippen molar-refractivity contribution in [2.75, 3.05) is 13.7 Å². The van der Waals surface area contributed by atoms with E-state index in [1.165, 1.54) is 38.3 Å². The van der Waals surface area contributed by atoms with Gasteiger partial charge >= 0.3 is 5.97 Å². The minimum Gasteiger partial charge on any atom is -0.508 e. The molecule has 0 radical (unpaired) electrons. The van der Waals surface area contributed by atoms with Crippen molar-refractivity contribution in [3.63, 3.8) is 0 Å². The van der Waals surface area contributed by atoms with Crippen LogP contribution >= 0.6 is 0 Å². The fourth-order valence-electron chi connectivity index (χ4n) is 6.15. The van der Waals surface area contributed by atoms with Gasteiger partial charge in [-0.1, -0.05) is 6.07 Å². The number of carbonyl (C=O) groups is 1. The van der Waals surface area contributed by atoms with E-state index in [2.05, 4.69) is 0 Å². The van der Waals surface area contributed by atoms with Crippen LogP contribution in [0.5, 0.6) is 46.0 Å². The van der Waals surface area contributed by atoms with Crippen molar-refractivity contribution in [2.24, 2.45) is 0 Å². The summed E-state index contributed by atoms with van der Waals surface area (Å²) in [5.74, 6) is -6.24. The fraction of sp³-hybridized carbons (Fsp3) is 0.351. The summed E-state index contributed by atoms with van der Waals surface area (Å²) in [7, 11) is 1.34. The monoisotopic (exact) mass is 802 g/mol. The van der Waals surface area contributed by atoms with Crippen molar-refractivity contribution in [3.8, 4) is 57.3 Å². The van der Waals surface area contributed by atoms with Crippen LogP contribution in [0.4, 0.5) is 0 Å². The molecule has 10 atom stereocenters. The molecule has 1 aromatic heterocycles. The number of hydrogen-bond donors (Lipinski definition) is 11. The zero-order chi connectivity index (χ0) is 41.5. The van der Waals surface area contributed by atoms with E-state index < -0.39 is 131 Å². The minimum atomic E-state index is -2.05. The maximum absolute atomic E-state index is 14.0. The smallest absolute Gasteiger partial charge is 0.330 e. The lowest BCUT2D eigenvalue weighted by molar-refractivity contribution is -0.355. The van der Waals surface area contributed by atoms with E-state index in [-0.39, 0.29) is 17.1 Å². The zero-order valence-corrected chi connectivity index (χ0v) is 29.8.